The minimum absolute atomic E-state index is 0.171. The lowest BCUT2D eigenvalue weighted by molar-refractivity contribution is 0.478. The Kier molecular flexibility index (Phi) is 1.89. The Balaban J connectivity index is 3.07. The lowest BCUT2D eigenvalue weighted by atomic mass is 10.3. The molecule has 0 unspecified atom stereocenters. The van der Waals surface area contributed by atoms with Crippen molar-refractivity contribution >= 4 is 6.08 Å². The van der Waals surface area contributed by atoms with Crippen molar-refractivity contribution < 1.29 is 5.11 Å². The second kappa shape index (κ2) is 2.87. The fraction of sp³-hybridized carbons (Fsp3) is 0. The molecule has 0 aromatic carbocycles. The molecule has 1 aromatic heterocycles. The number of aliphatic hydroxyl groups excluding tert-OH is 1. The van der Waals surface area contributed by atoms with E-state index >= 15 is 0 Å². The summed E-state index contributed by atoms with van der Waals surface area (Å²) in [5, 5.41) is 8.32. The number of H-pyrrole nitrogens is 1. The SMILES string of the molecule is O=c1cc(/C=C/O)cc[nH]1. The second-order valence-corrected chi connectivity index (χ2v) is 1.80. The molecule has 1 rings (SSSR count). The van der Waals surface area contributed by atoms with Gasteiger partial charge in [0, 0.05) is 12.3 Å². The number of aliphatic hydroxyl groups is 1. The summed E-state index contributed by atoms with van der Waals surface area (Å²) < 4.78 is 0. The molecule has 0 spiro atoms. The molecule has 10 heavy (non-hydrogen) atoms. The quantitative estimate of drug-likeness (QED) is 0.565. The van der Waals surface area contributed by atoms with E-state index in [4.69, 9.17) is 5.11 Å². The maximum atomic E-state index is 10.6. The van der Waals surface area contributed by atoms with Crippen LogP contribution < -0.4 is 5.56 Å². The molecule has 0 aliphatic carbocycles. The van der Waals surface area contributed by atoms with E-state index in [-0.39, 0.29) is 5.56 Å². The van der Waals surface area contributed by atoms with Crippen LogP contribution in [0.15, 0.2) is 29.4 Å². The number of hydrogen-bond acceptors (Lipinski definition) is 2. The van der Waals surface area contributed by atoms with Crippen LogP contribution >= 0.6 is 0 Å². The summed E-state index contributed by atoms with van der Waals surface area (Å²) in [5.74, 6) is 0. The lowest BCUT2D eigenvalue weighted by Crippen LogP contribution is -2.01. The van der Waals surface area contributed by atoms with Gasteiger partial charge in [0.05, 0.1) is 6.26 Å². The molecule has 0 bridgehead atoms. The van der Waals surface area contributed by atoms with Crippen molar-refractivity contribution in [3.63, 3.8) is 0 Å². The van der Waals surface area contributed by atoms with E-state index in [9.17, 15) is 4.79 Å². The highest BCUT2D eigenvalue weighted by atomic mass is 16.2. The summed E-state index contributed by atoms with van der Waals surface area (Å²) in [4.78, 5) is 13.1. The smallest absolute Gasteiger partial charge is 0.248 e. The fourth-order valence-corrected chi connectivity index (χ4v) is 0.651. The van der Waals surface area contributed by atoms with E-state index in [1.807, 2.05) is 0 Å². The first kappa shape index (κ1) is 6.61. The van der Waals surface area contributed by atoms with Gasteiger partial charge in [-0.05, 0) is 17.7 Å². The van der Waals surface area contributed by atoms with Gasteiger partial charge < -0.3 is 10.1 Å². The zero-order chi connectivity index (χ0) is 7.40. The maximum absolute atomic E-state index is 10.6. The van der Waals surface area contributed by atoms with Gasteiger partial charge in [-0.25, -0.2) is 0 Å². The van der Waals surface area contributed by atoms with Crippen molar-refractivity contribution in [1.29, 1.82) is 0 Å². The number of hydrogen-bond donors (Lipinski definition) is 2. The maximum Gasteiger partial charge on any atom is 0.248 e. The molecule has 2 N–H and O–H groups in total. The molecule has 0 amide bonds. The topological polar surface area (TPSA) is 53.1 Å². The monoisotopic (exact) mass is 137 g/mol. The third kappa shape index (κ3) is 1.48. The van der Waals surface area contributed by atoms with E-state index in [2.05, 4.69) is 4.98 Å². The number of aromatic nitrogens is 1. The molecule has 0 atom stereocenters. The molecule has 0 saturated carbocycles. The highest BCUT2D eigenvalue weighted by molar-refractivity contribution is 5.46. The summed E-state index contributed by atoms with van der Waals surface area (Å²) in [6.45, 7) is 0. The van der Waals surface area contributed by atoms with Crippen LogP contribution in [0, 0.1) is 0 Å². The average Bonchev–Trinajstić information content (AvgIpc) is 1.88. The van der Waals surface area contributed by atoms with Gasteiger partial charge in [0.1, 0.15) is 0 Å². The summed E-state index contributed by atoms with van der Waals surface area (Å²) >= 11 is 0. The molecule has 1 aromatic rings. The lowest BCUT2D eigenvalue weighted by Gasteiger charge is -1.86. The van der Waals surface area contributed by atoms with Crippen LogP contribution in [0.4, 0.5) is 0 Å². The Labute approximate surface area is 57.6 Å². The van der Waals surface area contributed by atoms with Gasteiger partial charge in [0.15, 0.2) is 0 Å². The normalized spacial score (nSPS) is 10.4. The second-order valence-electron chi connectivity index (χ2n) is 1.80. The van der Waals surface area contributed by atoms with Crippen LogP contribution in [-0.2, 0) is 0 Å². The van der Waals surface area contributed by atoms with E-state index in [1.54, 1.807) is 6.07 Å². The van der Waals surface area contributed by atoms with Gasteiger partial charge in [0.25, 0.3) is 0 Å². The number of rotatable bonds is 1. The van der Waals surface area contributed by atoms with E-state index in [1.165, 1.54) is 18.3 Å². The Hall–Kier alpha value is -1.51. The highest BCUT2D eigenvalue weighted by Gasteiger charge is 1.84. The minimum Gasteiger partial charge on any atom is -0.516 e. The van der Waals surface area contributed by atoms with Crippen LogP contribution in [0.1, 0.15) is 5.56 Å². The first-order chi connectivity index (χ1) is 4.83. The van der Waals surface area contributed by atoms with Crippen molar-refractivity contribution in [2.45, 2.75) is 0 Å². The molecule has 0 aliphatic rings. The summed E-state index contributed by atoms with van der Waals surface area (Å²) in [6.07, 6.45) is 3.86. The van der Waals surface area contributed by atoms with E-state index in [0.29, 0.717) is 5.56 Å². The van der Waals surface area contributed by atoms with Crippen LogP contribution in [0.3, 0.4) is 0 Å². The standard InChI is InChI=1S/C7H7NO2/c9-4-2-6-1-3-8-7(10)5-6/h1-5,9H,(H,8,10)/b4-2+. The molecule has 1 heterocycles. The molecule has 0 aliphatic heterocycles. The van der Waals surface area contributed by atoms with Crippen LogP contribution in [0.25, 0.3) is 6.08 Å². The van der Waals surface area contributed by atoms with Gasteiger partial charge >= 0.3 is 0 Å². The first-order valence-electron chi connectivity index (χ1n) is 2.82. The van der Waals surface area contributed by atoms with Crippen LogP contribution in [0.2, 0.25) is 0 Å². The number of aromatic amines is 1. The summed E-state index contributed by atoms with van der Waals surface area (Å²) in [7, 11) is 0. The number of pyridine rings is 1. The van der Waals surface area contributed by atoms with Gasteiger partial charge in [-0.15, -0.1) is 0 Å². The molecule has 0 saturated heterocycles. The molecule has 3 heteroatoms. The van der Waals surface area contributed by atoms with Gasteiger partial charge in [0.2, 0.25) is 5.56 Å². The van der Waals surface area contributed by atoms with E-state index < -0.39 is 0 Å². The van der Waals surface area contributed by atoms with Crippen molar-refractivity contribution in [1.82, 2.24) is 4.98 Å². The summed E-state index contributed by atoms with van der Waals surface area (Å²) in [5.41, 5.74) is 0.516. The predicted molar refractivity (Wildman–Crippen MR) is 38.7 cm³/mol. The first-order valence-corrected chi connectivity index (χ1v) is 2.82. The van der Waals surface area contributed by atoms with Crippen molar-refractivity contribution in [3.05, 3.63) is 40.5 Å². The molecule has 0 radical (unpaired) electrons. The molecule has 3 nitrogen and oxygen atoms in total. The number of nitrogens with one attached hydrogen (secondary N) is 1. The zero-order valence-corrected chi connectivity index (χ0v) is 5.24. The average molecular weight is 137 g/mol. The van der Waals surface area contributed by atoms with Gasteiger partial charge in [-0.2, -0.15) is 0 Å². The Morgan fingerprint density at radius 2 is 2.40 bits per heavy atom. The fourth-order valence-electron chi connectivity index (χ4n) is 0.651. The van der Waals surface area contributed by atoms with Gasteiger partial charge in [-0.1, -0.05) is 0 Å². The van der Waals surface area contributed by atoms with Crippen molar-refractivity contribution in [3.8, 4) is 0 Å². The zero-order valence-electron chi connectivity index (χ0n) is 5.24. The third-order valence-electron chi connectivity index (χ3n) is 1.07. The highest BCUT2D eigenvalue weighted by Crippen LogP contribution is 1.93. The molecule has 52 valence electrons. The Morgan fingerprint density at radius 1 is 1.60 bits per heavy atom. The van der Waals surface area contributed by atoms with Crippen molar-refractivity contribution in [2.75, 3.05) is 0 Å². The molecular weight excluding hydrogens is 130 g/mol. The molecular formula is C7H7NO2. The third-order valence-corrected chi connectivity index (χ3v) is 1.07. The largest absolute Gasteiger partial charge is 0.516 e. The van der Waals surface area contributed by atoms with Crippen LogP contribution in [-0.4, -0.2) is 10.1 Å². The Morgan fingerprint density at radius 3 is 3.00 bits per heavy atom. The van der Waals surface area contributed by atoms with E-state index in [0.717, 1.165) is 6.26 Å². The van der Waals surface area contributed by atoms with Crippen LogP contribution in [0.5, 0.6) is 0 Å². The Bertz CT molecular complexity index is 288. The van der Waals surface area contributed by atoms with Gasteiger partial charge in [-0.3, -0.25) is 4.79 Å². The van der Waals surface area contributed by atoms with Crippen molar-refractivity contribution in [2.24, 2.45) is 0 Å². The molecule has 0 fully saturated rings. The minimum atomic E-state index is -0.171. The summed E-state index contributed by atoms with van der Waals surface area (Å²) in [6, 6.07) is 3.08. The predicted octanol–water partition coefficient (Wildman–Crippen LogP) is 0.904.